The fraction of sp³-hybridized carbons (Fsp3) is 0.375. The average Bonchev–Trinajstić information content (AvgIpc) is 2.85. The SMILES string of the molecule is CCOc1ncc(-c2cc(NC(=O)C3C=NC(=O)C=C3C(F)(F)F)c(N3CCN(C)CC3)cc2F)cn1. The van der Waals surface area contributed by atoms with Crippen molar-refractivity contribution in [2.45, 2.75) is 13.1 Å². The third-order valence-corrected chi connectivity index (χ3v) is 5.97. The monoisotopic (exact) mass is 520 g/mol. The first-order valence-electron chi connectivity index (χ1n) is 11.5. The zero-order valence-electron chi connectivity index (χ0n) is 20.0. The smallest absolute Gasteiger partial charge is 0.414 e. The number of halogens is 4. The molecule has 1 fully saturated rings. The van der Waals surface area contributed by atoms with Crippen LogP contribution in [0, 0.1) is 11.7 Å². The fourth-order valence-electron chi connectivity index (χ4n) is 4.02. The molecular formula is C24H24F4N6O3. The van der Waals surface area contributed by atoms with Crippen LogP contribution in [0.2, 0.25) is 0 Å². The molecule has 0 bridgehead atoms. The van der Waals surface area contributed by atoms with E-state index in [2.05, 4.69) is 25.2 Å². The summed E-state index contributed by atoms with van der Waals surface area (Å²) in [4.78, 5) is 39.8. The Labute approximate surface area is 209 Å². The maximum Gasteiger partial charge on any atom is 0.414 e. The minimum absolute atomic E-state index is 0.0373. The highest BCUT2D eigenvalue weighted by atomic mass is 19.4. The normalized spacial score (nSPS) is 18.5. The molecule has 2 aliphatic rings. The van der Waals surface area contributed by atoms with Crippen molar-refractivity contribution in [2.75, 3.05) is 50.1 Å². The van der Waals surface area contributed by atoms with Crippen LogP contribution in [-0.4, -0.2) is 78.9 Å². The van der Waals surface area contributed by atoms with Crippen molar-refractivity contribution in [1.82, 2.24) is 14.9 Å². The summed E-state index contributed by atoms with van der Waals surface area (Å²) in [6.07, 6.45) is -1.25. The van der Waals surface area contributed by atoms with Gasteiger partial charge in [-0.15, -0.1) is 0 Å². The van der Waals surface area contributed by atoms with E-state index in [1.807, 2.05) is 11.9 Å². The van der Waals surface area contributed by atoms with Gasteiger partial charge in [-0.25, -0.2) is 19.4 Å². The van der Waals surface area contributed by atoms with Crippen LogP contribution in [-0.2, 0) is 9.59 Å². The van der Waals surface area contributed by atoms with E-state index in [0.29, 0.717) is 50.8 Å². The van der Waals surface area contributed by atoms with Gasteiger partial charge in [0.05, 0.1) is 23.6 Å². The number of ether oxygens (including phenoxy) is 1. The van der Waals surface area contributed by atoms with Gasteiger partial charge in [0.2, 0.25) is 5.91 Å². The summed E-state index contributed by atoms with van der Waals surface area (Å²) in [6.45, 7) is 4.46. The fourth-order valence-corrected chi connectivity index (χ4v) is 4.02. The van der Waals surface area contributed by atoms with Crippen molar-refractivity contribution < 1.29 is 31.9 Å². The van der Waals surface area contributed by atoms with Crippen LogP contribution in [0.1, 0.15) is 6.92 Å². The zero-order chi connectivity index (χ0) is 26.7. The second-order valence-electron chi connectivity index (χ2n) is 8.51. The Morgan fingerprint density at radius 1 is 1.16 bits per heavy atom. The van der Waals surface area contributed by atoms with E-state index in [4.69, 9.17) is 4.74 Å². The third kappa shape index (κ3) is 5.93. The molecule has 196 valence electrons. The summed E-state index contributed by atoms with van der Waals surface area (Å²) in [7, 11) is 1.93. The molecule has 2 aliphatic heterocycles. The van der Waals surface area contributed by atoms with Crippen molar-refractivity contribution in [2.24, 2.45) is 10.9 Å². The Morgan fingerprint density at radius 2 is 1.84 bits per heavy atom. The molecule has 37 heavy (non-hydrogen) atoms. The molecule has 1 saturated heterocycles. The van der Waals surface area contributed by atoms with Crippen LogP contribution < -0.4 is 15.0 Å². The Balaban J connectivity index is 1.72. The Hall–Kier alpha value is -3.87. The molecule has 2 amide bonds. The van der Waals surface area contributed by atoms with Gasteiger partial charge in [0.25, 0.3) is 5.91 Å². The number of alkyl halides is 3. The number of amides is 2. The Bertz CT molecular complexity index is 1240. The van der Waals surface area contributed by atoms with Crippen molar-refractivity contribution >= 4 is 29.4 Å². The summed E-state index contributed by atoms with van der Waals surface area (Å²) >= 11 is 0. The van der Waals surface area contributed by atoms with Gasteiger partial charge in [-0.3, -0.25) is 9.59 Å². The molecule has 13 heteroatoms. The lowest BCUT2D eigenvalue weighted by Crippen LogP contribution is -2.45. The summed E-state index contributed by atoms with van der Waals surface area (Å²) in [5, 5.41) is 2.50. The van der Waals surface area contributed by atoms with Crippen LogP contribution in [0.4, 0.5) is 28.9 Å². The number of nitrogens with zero attached hydrogens (tertiary/aromatic N) is 5. The summed E-state index contributed by atoms with van der Waals surface area (Å²) in [5.74, 6) is -4.63. The van der Waals surface area contributed by atoms with E-state index in [1.54, 1.807) is 6.92 Å². The highest BCUT2D eigenvalue weighted by Crippen LogP contribution is 2.37. The van der Waals surface area contributed by atoms with Gasteiger partial charge in [0, 0.05) is 62.0 Å². The first-order chi connectivity index (χ1) is 17.6. The molecule has 9 nitrogen and oxygen atoms in total. The summed E-state index contributed by atoms with van der Waals surface area (Å²) in [6, 6.07) is 2.67. The lowest BCUT2D eigenvalue weighted by Gasteiger charge is -2.35. The maximum atomic E-state index is 15.3. The molecule has 1 unspecified atom stereocenters. The molecule has 1 atom stereocenters. The summed E-state index contributed by atoms with van der Waals surface area (Å²) in [5.41, 5.74) is -0.589. The molecule has 2 aromatic rings. The number of carbonyl (C=O) groups is 2. The molecule has 1 N–H and O–H groups in total. The van der Waals surface area contributed by atoms with Crippen molar-refractivity contribution in [1.29, 1.82) is 0 Å². The number of benzene rings is 1. The van der Waals surface area contributed by atoms with E-state index in [9.17, 15) is 22.8 Å². The summed E-state index contributed by atoms with van der Waals surface area (Å²) < 4.78 is 61.1. The third-order valence-electron chi connectivity index (χ3n) is 5.97. The van der Waals surface area contributed by atoms with Gasteiger partial charge in [-0.2, -0.15) is 13.2 Å². The molecule has 0 aliphatic carbocycles. The number of carbonyl (C=O) groups excluding carboxylic acids is 2. The predicted octanol–water partition coefficient (Wildman–Crippen LogP) is 3.09. The minimum Gasteiger partial charge on any atom is -0.464 e. The largest absolute Gasteiger partial charge is 0.464 e. The van der Waals surface area contributed by atoms with Crippen LogP contribution >= 0.6 is 0 Å². The predicted molar refractivity (Wildman–Crippen MR) is 128 cm³/mol. The van der Waals surface area contributed by atoms with Gasteiger partial charge in [-0.1, -0.05) is 0 Å². The van der Waals surface area contributed by atoms with Crippen LogP contribution in [0.5, 0.6) is 6.01 Å². The quantitative estimate of drug-likeness (QED) is 0.585. The molecule has 1 aromatic carbocycles. The molecule has 3 heterocycles. The van der Waals surface area contributed by atoms with E-state index in [1.165, 1.54) is 24.5 Å². The number of aromatic nitrogens is 2. The first-order valence-corrected chi connectivity index (χ1v) is 11.5. The minimum atomic E-state index is -4.92. The van der Waals surface area contributed by atoms with Gasteiger partial charge >= 0.3 is 12.2 Å². The highest BCUT2D eigenvalue weighted by molar-refractivity contribution is 6.11. The van der Waals surface area contributed by atoms with Crippen LogP contribution in [0.3, 0.4) is 0 Å². The second-order valence-corrected chi connectivity index (χ2v) is 8.51. The molecule has 4 rings (SSSR count). The Kier molecular flexibility index (Phi) is 7.52. The van der Waals surface area contributed by atoms with Gasteiger partial charge < -0.3 is 19.9 Å². The molecule has 0 saturated carbocycles. The molecular weight excluding hydrogens is 496 g/mol. The Morgan fingerprint density at radius 3 is 2.46 bits per heavy atom. The zero-order valence-corrected chi connectivity index (χ0v) is 20.0. The molecule has 0 spiro atoms. The van der Waals surface area contributed by atoms with E-state index < -0.39 is 35.3 Å². The number of hydrogen-bond acceptors (Lipinski definition) is 7. The number of dihydropyridines is 1. The van der Waals surface area contributed by atoms with Crippen LogP contribution in [0.15, 0.2) is 41.2 Å². The van der Waals surface area contributed by atoms with Crippen molar-refractivity contribution in [3.8, 4) is 17.1 Å². The van der Waals surface area contributed by atoms with E-state index in [-0.39, 0.29) is 22.8 Å². The van der Waals surface area contributed by atoms with E-state index in [0.717, 1.165) is 0 Å². The highest BCUT2D eigenvalue weighted by Gasteiger charge is 2.43. The number of likely N-dealkylation sites (N-methyl/N-ethyl adjacent to an activating group) is 1. The van der Waals surface area contributed by atoms with Crippen molar-refractivity contribution in [3.63, 3.8) is 0 Å². The number of anilines is 2. The lowest BCUT2D eigenvalue weighted by molar-refractivity contribution is -0.124. The topological polar surface area (TPSA) is 100 Å². The van der Waals surface area contributed by atoms with Gasteiger partial charge in [0.15, 0.2) is 0 Å². The number of piperazine rings is 1. The van der Waals surface area contributed by atoms with Crippen LogP contribution in [0.25, 0.3) is 11.1 Å². The van der Waals surface area contributed by atoms with E-state index >= 15 is 4.39 Å². The standard InChI is InChI=1S/C24H24F4N6O3/c1-3-37-23-30-11-14(12-31-23)15-8-19(20(10-18(15)25)34-6-4-33(2)5-7-34)32-22(36)16-13-29-21(35)9-17(16)24(26,27)28/h8-13,16H,3-7H2,1-2H3,(H,32,36). The molecule has 0 radical (unpaired) electrons. The number of rotatable bonds is 6. The molecule has 1 aromatic heterocycles. The second kappa shape index (κ2) is 10.6. The lowest BCUT2D eigenvalue weighted by atomic mass is 9.95. The number of hydrogen-bond donors (Lipinski definition) is 1. The first kappa shape index (κ1) is 26.2. The average molecular weight is 520 g/mol. The van der Waals surface area contributed by atoms with Crippen molar-refractivity contribution in [3.05, 3.63) is 42.0 Å². The number of nitrogens with one attached hydrogen (secondary N) is 1. The number of aliphatic imine (C=N–C) groups is 1. The maximum absolute atomic E-state index is 15.3. The van der Waals surface area contributed by atoms with Gasteiger partial charge in [0.1, 0.15) is 11.7 Å². The van der Waals surface area contributed by atoms with Gasteiger partial charge in [-0.05, 0) is 26.1 Å².